The number of nitrogens with zero attached hydrogens (tertiary/aromatic N) is 2. The van der Waals surface area contributed by atoms with Crippen LogP contribution in [0.2, 0.25) is 0 Å². The molecule has 0 aliphatic carbocycles. The highest BCUT2D eigenvalue weighted by Gasteiger charge is 2.02. The minimum Gasteiger partial charge on any atom is -0.501 e. The molecule has 0 fully saturated rings. The second-order valence-electron chi connectivity index (χ2n) is 2.14. The second-order valence-corrected chi connectivity index (χ2v) is 2.14. The van der Waals surface area contributed by atoms with Gasteiger partial charge in [0.25, 0.3) is 0 Å². The van der Waals surface area contributed by atoms with E-state index in [-0.39, 0.29) is 11.6 Å². The van der Waals surface area contributed by atoms with Gasteiger partial charge in [-0.1, -0.05) is 0 Å². The van der Waals surface area contributed by atoms with E-state index in [4.69, 9.17) is 10.5 Å². The highest BCUT2D eigenvalue weighted by atomic mass is 19.1. The van der Waals surface area contributed by atoms with Crippen LogP contribution < -0.4 is 0 Å². The van der Waals surface area contributed by atoms with E-state index in [1.165, 1.54) is 24.3 Å². The van der Waals surface area contributed by atoms with Crippen molar-refractivity contribution in [2.45, 2.75) is 0 Å². The summed E-state index contributed by atoms with van der Waals surface area (Å²) in [6, 6.07) is 5.17. The Morgan fingerprint density at radius 1 is 1.42 bits per heavy atom. The monoisotopic (exact) mass is 165 g/mol. The van der Waals surface area contributed by atoms with E-state index in [0.717, 1.165) is 6.20 Å². The van der Waals surface area contributed by atoms with Crippen molar-refractivity contribution in [2.24, 2.45) is 0 Å². The van der Waals surface area contributed by atoms with Gasteiger partial charge in [0.05, 0.1) is 0 Å². The van der Waals surface area contributed by atoms with Crippen LogP contribution in [0, 0.1) is 11.2 Å². The van der Waals surface area contributed by atoms with Crippen LogP contribution in [0.1, 0.15) is 5.56 Å². The Balaban J connectivity index is 2.99. The fourth-order valence-electron chi connectivity index (χ4n) is 0.750. The molecule has 0 heterocycles. The highest BCUT2D eigenvalue weighted by Crippen LogP contribution is 2.11. The van der Waals surface area contributed by atoms with Crippen LogP contribution in [0.25, 0.3) is 10.7 Å². The van der Waals surface area contributed by atoms with Crippen molar-refractivity contribution in [2.75, 3.05) is 0 Å². The van der Waals surface area contributed by atoms with Gasteiger partial charge in [0, 0.05) is 5.56 Å². The van der Waals surface area contributed by atoms with Gasteiger partial charge >= 0.3 is 6.20 Å². The van der Waals surface area contributed by atoms with E-state index in [2.05, 4.69) is 4.98 Å². The number of rotatable bonds is 1. The normalized spacial score (nSPS) is 10.8. The summed E-state index contributed by atoms with van der Waals surface area (Å²) < 4.78 is 12.4. The van der Waals surface area contributed by atoms with Gasteiger partial charge in [-0.3, -0.25) is 0 Å². The van der Waals surface area contributed by atoms with Gasteiger partial charge in [0.1, 0.15) is 5.82 Å². The van der Waals surface area contributed by atoms with Gasteiger partial charge in [-0.2, -0.15) is 0 Å². The van der Waals surface area contributed by atoms with Gasteiger partial charge in [0.15, 0.2) is 4.98 Å². The van der Waals surface area contributed by atoms with Crippen LogP contribution >= 0.6 is 0 Å². The van der Waals surface area contributed by atoms with Gasteiger partial charge in [-0.25, -0.2) is 4.39 Å². The quantitative estimate of drug-likeness (QED) is 0.513. The number of aliphatic hydroxyl groups is 1. The molecule has 0 radical (unpaired) electrons. The van der Waals surface area contributed by atoms with Crippen LogP contribution in [0.5, 0.6) is 0 Å². The third-order valence-electron chi connectivity index (χ3n) is 1.32. The first-order chi connectivity index (χ1) is 5.74. The molecule has 0 amide bonds. The first kappa shape index (κ1) is 8.21. The zero-order chi connectivity index (χ0) is 8.97. The standard InChI is InChI=1S/C8H5FN2O/c9-7-3-1-6(2-4-7)8(12)5-11-10/h1-5H/p+1/b8-5-. The lowest BCUT2D eigenvalue weighted by Gasteiger charge is -1.93. The number of diazo groups is 1. The average molecular weight is 165 g/mol. The Morgan fingerprint density at radius 2 is 2.00 bits per heavy atom. The second kappa shape index (κ2) is 3.49. The first-order valence-corrected chi connectivity index (χ1v) is 3.23. The Morgan fingerprint density at radius 3 is 2.50 bits per heavy atom. The molecule has 60 valence electrons. The summed E-state index contributed by atoms with van der Waals surface area (Å²) in [6.45, 7) is 0. The number of hydrogen-bond acceptors (Lipinski definition) is 2. The van der Waals surface area contributed by atoms with Crippen molar-refractivity contribution in [3.8, 4) is 0 Å². The number of hydrogen-bond donors (Lipinski definition) is 1. The molecule has 12 heavy (non-hydrogen) atoms. The maximum atomic E-state index is 12.4. The molecule has 0 atom stereocenters. The summed E-state index contributed by atoms with van der Waals surface area (Å²) in [7, 11) is 0. The summed E-state index contributed by atoms with van der Waals surface area (Å²) in [6.07, 6.45) is 0.868. The van der Waals surface area contributed by atoms with E-state index in [1.54, 1.807) is 0 Å². The summed E-state index contributed by atoms with van der Waals surface area (Å²) in [4.78, 5) is 2.63. The summed E-state index contributed by atoms with van der Waals surface area (Å²) in [5.74, 6) is -0.593. The molecule has 0 saturated heterocycles. The molecule has 1 aromatic rings. The van der Waals surface area contributed by atoms with Crippen LogP contribution in [0.3, 0.4) is 0 Å². The van der Waals surface area contributed by atoms with Crippen LogP contribution in [0.4, 0.5) is 4.39 Å². The molecule has 0 unspecified atom stereocenters. The van der Waals surface area contributed by atoms with E-state index in [1.807, 2.05) is 0 Å². The molecular formula is C8H6FN2O+. The van der Waals surface area contributed by atoms with Crippen molar-refractivity contribution in [3.63, 3.8) is 0 Å². The number of halogens is 1. The lowest BCUT2D eigenvalue weighted by molar-refractivity contribution is 0.511. The van der Waals surface area contributed by atoms with E-state index < -0.39 is 0 Å². The third kappa shape index (κ3) is 1.80. The predicted molar refractivity (Wildman–Crippen MR) is 42.1 cm³/mol. The molecule has 4 heteroatoms. The fourth-order valence-corrected chi connectivity index (χ4v) is 0.750. The van der Waals surface area contributed by atoms with Crippen molar-refractivity contribution in [1.82, 2.24) is 0 Å². The maximum Gasteiger partial charge on any atom is 0.392 e. The zero-order valence-corrected chi connectivity index (χ0v) is 6.11. The minimum absolute atomic E-state index is 0.211. The Labute approximate surface area is 68.4 Å². The van der Waals surface area contributed by atoms with Crippen LogP contribution in [-0.4, -0.2) is 5.11 Å². The van der Waals surface area contributed by atoms with E-state index >= 15 is 0 Å². The summed E-state index contributed by atoms with van der Waals surface area (Å²) >= 11 is 0. The molecule has 0 spiro atoms. The Bertz CT molecular complexity index is 337. The lowest BCUT2D eigenvalue weighted by atomic mass is 10.2. The number of aliphatic hydroxyl groups excluding tert-OH is 1. The molecule has 1 rings (SSSR count). The summed E-state index contributed by atoms with van der Waals surface area (Å²) in [5, 5.41) is 17.2. The highest BCUT2D eigenvalue weighted by molar-refractivity contribution is 5.58. The molecule has 0 aliphatic heterocycles. The molecule has 1 aromatic carbocycles. The van der Waals surface area contributed by atoms with E-state index in [0.29, 0.717) is 5.56 Å². The molecular weight excluding hydrogens is 159 g/mol. The van der Waals surface area contributed by atoms with Gasteiger partial charge in [-0.05, 0) is 24.3 Å². The van der Waals surface area contributed by atoms with Gasteiger partial charge in [0.2, 0.25) is 11.2 Å². The largest absolute Gasteiger partial charge is 0.501 e. The van der Waals surface area contributed by atoms with Crippen molar-refractivity contribution in [3.05, 3.63) is 46.8 Å². The first-order valence-electron chi connectivity index (χ1n) is 3.23. The molecule has 3 nitrogen and oxygen atoms in total. The smallest absolute Gasteiger partial charge is 0.392 e. The molecule has 0 saturated carbocycles. The SMILES string of the molecule is N#[N+]/C=C(\O)c1ccc(F)cc1. The third-order valence-corrected chi connectivity index (χ3v) is 1.32. The fraction of sp³-hybridized carbons (Fsp3) is 0. The minimum atomic E-state index is -0.382. The lowest BCUT2D eigenvalue weighted by Crippen LogP contribution is -1.81. The Hall–Kier alpha value is -1.89. The number of benzene rings is 1. The predicted octanol–water partition coefficient (Wildman–Crippen LogP) is 2.54. The molecule has 0 aliphatic rings. The van der Waals surface area contributed by atoms with Crippen molar-refractivity contribution < 1.29 is 9.50 Å². The maximum absolute atomic E-state index is 12.4. The van der Waals surface area contributed by atoms with Gasteiger partial charge in [-0.15, -0.1) is 0 Å². The van der Waals surface area contributed by atoms with Crippen LogP contribution in [-0.2, 0) is 0 Å². The zero-order valence-electron chi connectivity index (χ0n) is 6.11. The Kier molecular flexibility index (Phi) is 2.38. The van der Waals surface area contributed by atoms with Crippen LogP contribution in [0.15, 0.2) is 30.5 Å². The van der Waals surface area contributed by atoms with E-state index in [9.17, 15) is 4.39 Å². The van der Waals surface area contributed by atoms with Crippen molar-refractivity contribution in [1.29, 1.82) is 5.39 Å². The molecule has 1 N–H and O–H groups in total. The molecule has 0 aromatic heterocycles. The topological polar surface area (TPSA) is 48.4 Å². The average Bonchev–Trinajstić information content (AvgIpc) is 2.06. The van der Waals surface area contributed by atoms with Gasteiger partial charge < -0.3 is 5.11 Å². The molecule has 0 bridgehead atoms. The van der Waals surface area contributed by atoms with Crippen molar-refractivity contribution >= 4 is 5.76 Å². The summed E-state index contributed by atoms with van der Waals surface area (Å²) in [5.41, 5.74) is 0.397.